The minimum absolute atomic E-state index is 0. The molecule has 0 bridgehead atoms. The molecule has 0 aromatic rings. The second-order valence-corrected chi connectivity index (χ2v) is 7.24. The molecule has 0 radical (unpaired) electrons. The zero-order valence-corrected chi connectivity index (χ0v) is 29.9. The van der Waals surface area contributed by atoms with Gasteiger partial charge in [0.1, 0.15) is 0 Å². The van der Waals surface area contributed by atoms with E-state index in [4.69, 9.17) is 33.9 Å². The summed E-state index contributed by atoms with van der Waals surface area (Å²) in [5.41, 5.74) is 0. The number of carbonyl (C=O) groups excluding carboxylic acids is 9. The second kappa shape index (κ2) is 62.0. The van der Waals surface area contributed by atoms with Gasteiger partial charge in [0.15, 0.2) is 0 Å². The van der Waals surface area contributed by atoms with Crippen LogP contribution in [0.1, 0.15) is 81.6 Å². The SMILES string of the molecule is C/C=C/C.CCC(=O)OC.CCC(C)C(C)C(=O)OC.CC[C@@H](C)C(C)C(=O)OC.C[O-].O=C=O.O=C=O.O=C=O.[Na+]. The van der Waals surface area contributed by atoms with Crippen molar-refractivity contribution in [1.29, 1.82) is 0 Å². The van der Waals surface area contributed by atoms with Gasteiger partial charge in [-0.3, -0.25) is 14.4 Å². The minimum Gasteiger partial charge on any atom is -0.857 e. The Kier molecular flexibility index (Phi) is 92.7. The van der Waals surface area contributed by atoms with Crippen molar-refractivity contribution in [2.75, 3.05) is 28.4 Å². The maximum absolute atomic E-state index is 10.9. The Morgan fingerprint density at radius 1 is 0.619 bits per heavy atom. The number of methoxy groups -OCH3 is 3. The number of hydrogen-bond acceptors (Lipinski definition) is 13. The maximum Gasteiger partial charge on any atom is 1.00 e. The molecule has 0 spiro atoms. The molecule has 0 heterocycles. The fraction of sp³-hybridized carbons (Fsp3) is 0.714. The fourth-order valence-corrected chi connectivity index (χ4v) is 1.69. The Morgan fingerprint density at radius 2 is 0.833 bits per heavy atom. The van der Waals surface area contributed by atoms with E-state index < -0.39 is 0 Å². The smallest absolute Gasteiger partial charge is 0.857 e. The summed E-state index contributed by atoms with van der Waals surface area (Å²) in [6.07, 6.45) is 7.27. The normalized spacial score (nSPS) is 10.3. The molecule has 0 aliphatic rings. The first-order chi connectivity index (χ1) is 19.2. The predicted octanol–water partition coefficient (Wildman–Crippen LogP) is 0.0650. The van der Waals surface area contributed by atoms with Crippen LogP contribution in [0.2, 0.25) is 0 Å². The Labute approximate surface area is 273 Å². The monoisotopic (exact) mass is 618 g/mol. The van der Waals surface area contributed by atoms with Gasteiger partial charge in [-0.15, -0.1) is 0 Å². The van der Waals surface area contributed by atoms with Gasteiger partial charge in [0, 0.05) is 6.42 Å². The zero-order valence-electron chi connectivity index (χ0n) is 27.9. The van der Waals surface area contributed by atoms with Crippen LogP contribution in [0.4, 0.5) is 0 Å². The molecule has 0 fully saturated rings. The molecule has 0 aliphatic carbocycles. The molecule has 0 rings (SSSR count). The molecule has 0 aromatic carbocycles. The van der Waals surface area contributed by atoms with Crippen LogP contribution in [0.3, 0.4) is 0 Å². The molecule has 0 saturated carbocycles. The number of allylic oxidation sites excluding steroid dienone is 2. The Balaban J connectivity index is -0.0000000452. The van der Waals surface area contributed by atoms with Crippen LogP contribution in [0.25, 0.3) is 0 Å². The molecule has 242 valence electrons. The minimum atomic E-state index is -0.157. The third-order valence-corrected chi connectivity index (χ3v) is 4.99. The number of carbonyl (C=O) groups is 3. The molecular weight excluding hydrogens is 567 g/mol. The number of ether oxygens (including phenoxy) is 3. The van der Waals surface area contributed by atoms with Crippen molar-refractivity contribution in [2.45, 2.75) is 81.6 Å². The molecule has 0 amide bonds. The van der Waals surface area contributed by atoms with E-state index in [0.29, 0.717) is 18.3 Å². The number of esters is 3. The summed E-state index contributed by atoms with van der Waals surface area (Å²) in [7, 11) is 4.99. The molecule has 0 aliphatic heterocycles. The second-order valence-electron chi connectivity index (χ2n) is 7.24. The topological polar surface area (TPSA) is 204 Å². The van der Waals surface area contributed by atoms with Gasteiger partial charge in [-0.2, -0.15) is 35.9 Å². The van der Waals surface area contributed by atoms with Crippen LogP contribution in [0.5, 0.6) is 0 Å². The fourth-order valence-electron chi connectivity index (χ4n) is 1.69. The Hall–Kier alpha value is -2.75. The van der Waals surface area contributed by atoms with Crippen LogP contribution >= 0.6 is 0 Å². The summed E-state index contributed by atoms with van der Waals surface area (Å²) in [4.78, 5) is 80.5. The largest absolute Gasteiger partial charge is 1.00 e. The summed E-state index contributed by atoms with van der Waals surface area (Å²) in [6.45, 7) is 17.8. The van der Waals surface area contributed by atoms with Crippen LogP contribution < -0.4 is 34.7 Å². The van der Waals surface area contributed by atoms with E-state index in [-0.39, 0.29) is 77.8 Å². The van der Waals surface area contributed by atoms with Crippen LogP contribution in [-0.4, -0.2) is 64.8 Å². The summed E-state index contributed by atoms with van der Waals surface area (Å²) in [6, 6.07) is 0. The molecule has 3 unspecified atom stereocenters. The van der Waals surface area contributed by atoms with Crippen LogP contribution in [0, 0.1) is 23.7 Å². The van der Waals surface area contributed by atoms with Gasteiger partial charge < -0.3 is 19.3 Å². The molecule has 14 heteroatoms. The van der Waals surface area contributed by atoms with Gasteiger partial charge in [-0.25, -0.2) is 0 Å². The predicted molar refractivity (Wildman–Crippen MR) is 145 cm³/mol. The van der Waals surface area contributed by atoms with Crippen molar-refractivity contribution in [3.8, 4) is 0 Å². The third-order valence-electron chi connectivity index (χ3n) is 4.99. The first-order valence-electron chi connectivity index (χ1n) is 12.4. The average molecular weight is 619 g/mol. The van der Waals surface area contributed by atoms with E-state index in [1.54, 1.807) is 6.92 Å². The Morgan fingerprint density at radius 3 is 0.905 bits per heavy atom. The van der Waals surface area contributed by atoms with E-state index in [1.165, 1.54) is 21.3 Å². The van der Waals surface area contributed by atoms with Crippen LogP contribution in [0.15, 0.2) is 12.2 Å². The maximum atomic E-state index is 10.9. The molecule has 42 heavy (non-hydrogen) atoms. The molecular formula is C28H51NaO13. The van der Waals surface area contributed by atoms with E-state index in [1.807, 2.05) is 39.8 Å². The summed E-state index contributed by atoms with van der Waals surface area (Å²) in [5.74, 6) is 0.559. The van der Waals surface area contributed by atoms with E-state index in [0.717, 1.165) is 20.0 Å². The van der Waals surface area contributed by atoms with Crippen molar-refractivity contribution >= 4 is 36.4 Å². The van der Waals surface area contributed by atoms with Gasteiger partial charge in [0.25, 0.3) is 0 Å². The van der Waals surface area contributed by atoms with E-state index in [9.17, 15) is 14.4 Å². The van der Waals surface area contributed by atoms with Crippen molar-refractivity contribution in [2.24, 2.45) is 23.7 Å². The van der Waals surface area contributed by atoms with Crippen molar-refractivity contribution < 1.29 is 92.0 Å². The first-order valence-corrected chi connectivity index (χ1v) is 12.4. The summed E-state index contributed by atoms with van der Waals surface area (Å²) >= 11 is 0. The van der Waals surface area contributed by atoms with Gasteiger partial charge in [0.2, 0.25) is 0 Å². The summed E-state index contributed by atoms with van der Waals surface area (Å²) < 4.78 is 13.5. The number of hydrogen-bond donors (Lipinski definition) is 0. The first kappa shape index (κ1) is 62.8. The number of rotatable bonds is 7. The van der Waals surface area contributed by atoms with Crippen molar-refractivity contribution in [3.63, 3.8) is 0 Å². The van der Waals surface area contributed by atoms with Gasteiger partial charge in [-0.1, -0.05) is 73.5 Å². The van der Waals surface area contributed by atoms with Gasteiger partial charge >= 0.3 is 65.9 Å². The van der Waals surface area contributed by atoms with Crippen molar-refractivity contribution in [3.05, 3.63) is 12.2 Å². The van der Waals surface area contributed by atoms with Crippen LogP contribution in [-0.2, 0) is 57.4 Å². The molecule has 0 aromatic heterocycles. The quantitative estimate of drug-likeness (QED) is 0.160. The van der Waals surface area contributed by atoms with E-state index >= 15 is 0 Å². The van der Waals surface area contributed by atoms with Crippen molar-refractivity contribution in [1.82, 2.24) is 0 Å². The zero-order chi connectivity index (χ0) is 34.8. The average Bonchev–Trinajstić information content (AvgIpc) is 3.00. The van der Waals surface area contributed by atoms with E-state index in [2.05, 4.69) is 41.9 Å². The molecule has 0 saturated heterocycles. The molecule has 0 N–H and O–H groups in total. The van der Waals surface area contributed by atoms with Gasteiger partial charge in [-0.05, 0) is 25.7 Å². The third kappa shape index (κ3) is 71.0. The van der Waals surface area contributed by atoms with Gasteiger partial charge in [0.05, 0.1) is 33.2 Å². The summed E-state index contributed by atoms with van der Waals surface area (Å²) in [5, 5.41) is 8.25. The molecule has 13 nitrogen and oxygen atoms in total. The standard InChI is InChI=1S/2C8H16O2.C4H8O2.C4H8.3CO2.CH3O.Na/c2*1-5-6(2)7(3)8(9)10-4;1-3-4(5)6-2;1-3-4-2;3*2-1-3;1-2;/h2*6-7H,5H2,1-4H3;3H2,1-2H3;3-4H,1-2H3;;;;1H3;/q;;;;;;;-1;+1/b;;;4-3+;;;;;/t6-,7?;;;;;;;;/m1......../s1. The molecule has 4 atom stereocenters. The Bertz CT molecular complexity index is 625.